The number of ketones is 2. The van der Waals surface area contributed by atoms with E-state index in [1.165, 1.54) is 12.1 Å². The van der Waals surface area contributed by atoms with Gasteiger partial charge in [-0.05, 0) is 6.07 Å². The predicted octanol–water partition coefficient (Wildman–Crippen LogP) is 2.73. The molecule has 1 aromatic carbocycles. The summed E-state index contributed by atoms with van der Waals surface area (Å²) in [7, 11) is 0. The molecule has 148 valence electrons. The smallest absolute Gasteiger partial charge is 0.483 e. The van der Waals surface area contributed by atoms with Gasteiger partial charge in [-0.2, -0.15) is 13.1 Å². The van der Waals surface area contributed by atoms with Crippen LogP contribution in [0.1, 0.15) is 20.7 Å². The van der Waals surface area contributed by atoms with Gasteiger partial charge in [-0.1, -0.05) is 36.4 Å². The number of alkyl halides is 2. The SMILES string of the molecule is O=C1c2cccc(OCCOC(=O)C(F)(F)OOS)c2C(=O)C2C=CC=CC12. The second kappa shape index (κ2) is 8.21. The third-order valence-electron chi connectivity index (χ3n) is 4.23. The van der Waals surface area contributed by atoms with Crippen molar-refractivity contribution >= 4 is 30.4 Å². The van der Waals surface area contributed by atoms with Gasteiger partial charge < -0.3 is 9.47 Å². The molecule has 10 heteroatoms. The van der Waals surface area contributed by atoms with Crippen LogP contribution in [0.2, 0.25) is 0 Å². The lowest BCUT2D eigenvalue weighted by atomic mass is 9.72. The highest BCUT2D eigenvalue weighted by Gasteiger charge is 2.44. The summed E-state index contributed by atoms with van der Waals surface area (Å²) in [6.45, 7) is -0.879. The van der Waals surface area contributed by atoms with Crippen molar-refractivity contribution in [2.24, 2.45) is 11.8 Å². The molecule has 0 fully saturated rings. The molecule has 2 aliphatic carbocycles. The first-order valence-corrected chi connectivity index (χ1v) is 8.47. The summed E-state index contributed by atoms with van der Waals surface area (Å²) in [4.78, 5) is 40.0. The molecule has 2 aliphatic rings. The van der Waals surface area contributed by atoms with E-state index in [9.17, 15) is 23.2 Å². The zero-order valence-corrected chi connectivity index (χ0v) is 15.1. The maximum Gasteiger partial charge on any atom is 0.483 e. The average molecular weight is 412 g/mol. The van der Waals surface area contributed by atoms with Crippen LogP contribution in [0.25, 0.3) is 0 Å². The van der Waals surface area contributed by atoms with Gasteiger partial charge in [-0.15, -0.1) is 4.89 Å². The zero-order valence-electron chi connectivity index (χ0n) is 14.2. The maximum atomic E-state index is 13.0. The van der Waals surface area contributed by atoms with Crippen molar-refractivity contribution < 1.29 is 41.9 Å². The summed E-state index contributed by atoms with van der Waals surface area (Å²) in [5.41, 5.74) is 0.351. The Morgan fingerprint density at radius 2 is 1.75 bits per heavy atom. The fraction of sp³-hybridized carbons (Fsp3) is 0.278. The Kier molecular flexibility index (Phi) is 5.92. The zero-order chi connectivity index (χ0) is 20.3. The number of ether oxygens (including phenoxy) is 2. The topological polar surface area (TPSA) is 88.1 Å². The second-order valence-corrected chi connectivity index (χ2v) is 6.04. The van der Waals surface area contributed by atoms with E-state index in [1.807, 2.05) is 0 Å². The molecule has 3 rings (SSSR count). The van der Waals surface area contributed by atoms with Gasteiger partial charge in [0.2, 0.25) is 0 Å². The van der Waals surface area contributed by atoms with Gasteiger partial charge in [0.15, 0.2) is 11.6 Å². The third-order valence-corrected chi connectivity index (χ3v) is 4.31. The number of allylic oxidation sites excluding steroid dienone is 4. The molecule has 0 spiro atoms. The Balaban J connectivity index is 1.69. The van der Waals surface area contributed by atoms with Gasteiger partial charge in [0.1, 0.15) is 19.0 Å². The predicted molar refractivity (Wildman–Crippen MR) is 92.9 cm³/mol. The number of thiol groups is 1. The summed E-state index contributed by atoms with van der Waals surface area (Å²) >= 11 is 2.96. The van der Waals surface area contributed by atoms with Crippen LogP contribution >= 0.6 is 12.9 Å². The molecule has 0 aliphatic heterocycles. The van der Waals surface area contributed by atoms with E-state index in [0.717, 1.165) is 0 Å². The monoisotopic (exact) mass is 412 g/mol. The van der Waals surface area contributed by atoms with Crippen LogP contribution in [0.3, 0.4) is 0 Å². The normalized spacial score (nSPS) is 20.5. The molecule has 0 amide bonds. The summed E-state index contributed by atoms with van der Waals surface area (Å²) in [5, 5.41) is 0. The van der Waals surface area contributed by atoms with Crippen LogP contribution in [0.4, 0.5) is 8.78 Å². The first-order valence-electron chi connectivity index (χ1n) is 8.10. The van der Waals surface area contributed by atoms with Gasteiger partial charge in [0, 0.05) is 18.5 Å². The van der Waals surface area contributed by atoms with Gasteiger partial charge in [-0.25, -0.2) is 4.79 Å². The van der Waals surface area contributed by atoms with E-state index < -0.39 is 30.5 Å². The number of esters is 1. The number of fused-ring (bicyclic) bond motifs is 2. The summed E-state index contributed by atoms with van der Waals surface area (Å²) in [6.07, 6.45) is 2.41. The highest BCUT2D eigenvalue weighted by Crippen LogP contribution is 2.38. The van der Waals surface area contributed by atoms with Crippen LogP contribution in [-0.2, 0) is 18.8 Å². The molecule has 0 heterocycles. The van der Waals surface area contributed by atoms with Crippen LogP contribution in [0.15, 0.2) is 42.5 Å². The third kappa shape index (κ3) is 3.84. The molecular formula is C18H14F2O7S. The largest absolute Gasteiger partial charge is 0.489 e. The van der Waals surface area contributed by atoms with E-state index >= 15 is 0 Å². The van der Waals surface area contributed by atoms with E-state index in [1.54, 1.807) is 30.4 Å². The summed E-state index contributed by atoms with van der Waals surface area (Å²) < 4.78 is 39.3. The Hall–Kier alpha value is -2.56. The quantitative estimate of drug-likeness (QED) is 0.184. The number of carbonyl (C=O) groups excluding carboxylic acids is 3. The van der Waals surface area contributed by atoms with Crippen molar-refractivity contribution in [3.8, 4) is 5.75 Å². The highest BCUT2D eigenvalue weighted by molar-refractivity contribution is 7.74. The molecule has 0 N–H and O–H groups in total. The maximum absolute atomic E-state index is 13.0. The Morgan fingerprint density at radius 3 is 2.43 bits per heavy atom. The van der Waals surface area contributed by atoms with Gasteiger partial charge in [-0.3, -0.25) is 9.59 Å². The van der Waals surface area contributed by atoms with Gasteiger partial charge >= 0.3 is 12.1 Å². The molecule has 0 saturated carbocycles. The lowest BCUT2D eigenvalue weighted by Gasteiger charge is -2.29. The highest BCUT2D eigenvalue weighted by atomic mass is 32.1. The minimum absolute atomic E-state index is 0.106. The number of halogens is 2. The molecule has 0 aromatic heterocycles. The van der Waals surface area contributed by atoms with Crippen molar-refractivity contribution in [1.82, 2.24) is 0 Å². The number of hydrogen-bond acceptors (Lipinski definition) is 8. The number of hydrogen-bond donors (Lipinski definition) is 1. The molecule has 0 saturated heterocycles. The standard InChI is InChI=1S/C18H14F2O7S/c19-18(20,26-27-28)17(23)25-9-8-24-13-7-3-6-12-14(13)16(22)11-5-2-1-4-10(11)15(12)21/h1-7,10-11,28H,8-9H2. The Labute approximate surface area is 163 Å². The van der Waals surface area contributed by atoms with E-state index in [-0.39, 0.29) is 35.0 Å². The number of carbonyl (C=O) groups is 3. The molecule has 1 aromatic rings. The molecule has 0 bridgehead atoms. The van der Waals surface area contributed by atoms with Crippen molar-refractivity contribution in [1.29, 1.82) is 0 Å². The molecule has 28 heavy (non-hydrogen) atoms. The molecule has 2 unspecified atom stereocenters. The fourth-order valence-corrected chi connectivity index (χ4v) is 3.11. The van der Waals surface area contributed by atoms with Crippen LogP contribution in [-0.4, -0.2) is 36.9 Å². The van der Waals surface area contributed by atoms with Crippen molar-refractivity contribution in [3.63, 3.8) is 0 Å². The number of benzene rings is 1. The minimum atomic E-state index is -4.33. The lowest BCUT2D eigenvalue weighted by Crippen LogP contribution is -2.36. The van der Waals surface area contributed by atoms with Crippen molar-refractivity contribution in [2.75, 3.05) is 13.2 Å². The van der Waals surface area contributed by atoms with Crippen LogP contribution in [0.5, 0.6) is 5.75 Å². The first-order chi connectivity index (χ1) is 13.4. The molecule has 2 atom stereocenters. The number of rotatable bonds is 7. The van der Waals surface area contributed by atoms with Gasteiger partial charge in [0.25, 0.3) is 0 Å². The Morgan fingerprint density at radius 1 is 1.07 bits per heavy atom. The van der Waals surface area contributed by atoms with Crippen molar-refractivity contribution in [3.05, 3.63) is 53.6 Å². The lowest BCUT2D eigenvalue weighted by molar-refractivity contribution is -0.369. The second-order valence-electron chi connectivity index (χ2n) is 5.89. The Bertz CT molecular complexity index is 865. The molecule has 0 radical (unpaired) electrons. The molecule has 7 nitrogen and oxygen atoms in total. The number of Topliss-reactive ketones (excluding diaryl/α,β-unsaturated/α-hetero) is 2. The average Bonchev–Trinajstić information content (AvgIpc) is 2.69. The van der Waals surface area contributed by atoms with Crippen molar-refractivity contribution in [2.45, 2.75) is 6.11 Å². The van der Waals surface area contributed by atoms with Crippen LogP contribution < -0.4 is 4.74 Å². The summed E-state index contributed by atoms with van der Waals surface area (Å²) in [5.74, 6) is -3.55. The fourth-order valence-electron chi connectivity index (χ4n) is 3.02. The molecular weight excluding hydrogens is 398 g/mol. The summed E-state index contributed by atoms with van der Waals surface area (Å²) in [6, 6.07) is 4.54. The van der Waals surface area contributed by atoms with E-state index in [0.29, 0.717) is 0 Å². The minimum Gasteiger partial charge on any atom is -0.489 e. The van der Waals surface area contributed by atoms with E-state index in [4.69, 9.17) is 4.74 Å². The first kappa shape index (κ1) is 20.2. The van der Waals surface area contributed by atoms with Gasteiger partial charge in [0.05, 0.1) is 17.4 Å². The van der Waals surface area contributed by atoms with E-state index in [2.05, 4.69) is 26.9 Å². The van der Waals surface area contributed by atoms with Crippen LogP contribution in [0, 0.1) is 11.8 Å².